The SMILES string of the molecule is CCCCS(=O)(=O)N1CCC(C(=O)N2CCN(C(=O)c3cccc(Cl)c3)CC2)CC1. The van der Waals surface area contributed by atoms with Crippen molar-refractivity contribution in [3.8, 4) is 0 Å². The molecule has 0 saturated carbocycles. The fourth-order valence-corrected chi connectivity index (χ4v) is 5.90. The van der Waals surface area contributed by atoms with Crippen LogP contribution in [-0.2, 0) is 14.8 Å². The van der Waals surface area contributed by atoms with E-state index in [4.69, 9.17) is 11.6 Å². The van der Waals surface area contributed by atoms with Gasteiger partial charge in [0.05, 0.1) is 5.75 Å². The average molecular weight is 456 g/mol. The zero-order valence-corrected chi connectivity index (χ0v) is 19.0. The summed E-state index contributed by atoms with van der Waals surface area (Å²) < 4.78 is 26.2. The zero-order chi connectivity index (χ0) is 21.7. The van der Waals surface area contributed by atoms with Crippen LogP contribution in [0.25, 0.3) is 0 Å². The number of piperidine rings is 1. The van der Waals surface area contributed by atoms with Gasteiger partial charge in [0, 0.05) is 55.8 Å². The van der Waals surface area contributed by atoms with Gasteiger partial charge < -0.3 is 9.80 Å². The van der Waals surface area contributed by atoms with Crippen molar-refractivity contribution in [1.82, 2.24) is 14.1 Å². The average Bonchev–Trinajstić information content (AvgIpc) is 2.77. The Balaban J connectivity index is 1.48. The lowest BCUT2D eigenvalue weighted by molar-refractivity contribution is -0.138. The number of hydrogen-bond acceptors (Lipinski definition) is 4. The highest BCUT2D eigenvalue weighted by atomic mass is 35.5. The number of nitrogens with zero attached hydrogens (tertiary/aromatic N) is 3. The van der Waals surface area contributed by atoms with E-state index < -0.39 is 10.0 Å². The van der Waals surface area contributed by atoms with Gasteiger partial charge in [0.1, 0.15) is 0 Å². The summed E-state index contributed by atoms with van der Waals surface area (Å²) in [6, 6.07) is 6.89. The molecule has 7 nitrogen and oxygen atoms in total. The Bertz CT molecular complexity index is 861. The minimum Gasteiger partial charge on any atom is -0.339 e. The molecule has 0 unspecified atom stereocenters. The zero-order valence-electron chi connectivity index (χ0n) is 17.4. The Morgan fingerprint density at radius 3 is 2.27 bits per heavy atom. The molecule has 0 atom stereocenters. The molecule has 2 saturated heterocycles. The van der Waals surface area contributed by atoms with Crippen molar-refractivity contribution < 1.29 is 18.0 Å². The molecule has 0 aliphatic carbocycles. The molecule has 0 bridgehead atoms. The number of sulfonamides is 1. The predicted octanol–water partition coefficient (Wildman–Crippen LogP) is 2.47. The lowest BCUT2D eigenvalue weighted by Crippen LogP contribution is -2.53. The Hall–Kier alpha value is -1.64. The number of unbranched alkanes of at least 4 members (excludes halogenated alkanes) is 1. The molecule has 2 aliphatic rings. The molecule has 2 fully saturated rings. The minimum absolute atomic E-state index is 0.0739. The number of carbonyl (C=O) groups excluding carboxylic acids is 2. The summed E-state index contributed by atoms with van der Waals surface area (Å²) >= 11 is 5.98. The molecule has 2 amide bonds. The summed E-state index contributed by atoms with van der Waals surface area (Å²) in [6.07, 6.45) is 2.64. The highest BCUT2D eigenvalue weighted by molar-refractivity contribution is 7.89. The number of rotatable bonds is 6. The maximum atomic E-state index is 12.9. The van der Waals surface area contributed by atoms with Crippen LogP contribution in [0.15, 0.2) is 24.3 Å². The van der Waals surface area contributed by atoms with Crippen LogP contribution >= 0.6 is 11.6 Å². The molecule has 3 rings (SSSR count). The fourth-order valence-electron chi connectivity index (χ4n) is 4.03. The van der Waals surface area contributed by atoms with E-state index in [1.165, 1.54) is 4.31 Å². The van der Waals surface area contributed by atoms with Gasteiger partial charge in [-0.3, -0.25) is 9.59 Å². The van der Waals surface area contributed by atoms with Crippen LogP contribution in [0.3, 0.4) is 0 Å². The van der Waals surface area contributed by atoms with Gasteiger partial charge in [-0.05, 0) is 37.5 Å². The number of piperazine rings is 1. The second-order valence-corrected chi connectivity index (χ2v) is 10.5. The quantitative estimate of drug-likeness (QED) is 0.660. The van der Waals surface area contributed by atoms with Gasteiger partial charge in [0.25, 0.3) is 5.91 Å². The third-order valence-electron chi connectivity index (χ3n) is 5.90. The van der Waals surface area contributed by atoms with Gasteiger partial charge in [-0.15, -0.1) is 0 Å². The smallest absolute Gasteiger partial charge is 0.254 e. The van der Waals surface area contributed by atoms with Gasteiger partial charge in [0.15, 0.2) is 0 Å². The third-order valence-corrected chi connectivity index (χ3v) is 8.09. The molecule has 0 radical (unpaired) electrons. The lowest BCUT2D eigenvalue weighted by atomic mass is 9.96. The number of amides is 2. The van der Waals surface area contributed by atoms with Gasteiger partial charge in [0.2, 0.25) is 15.9 Å². The van der Waals surface area contributed by atoms with Crippen molar-refractivity contribution >= 4 is 33.4 Å². The summed E-state index contributed by atoms with van der Waals surface area (Å²) in [5.41, 5.74) is 0.555. The molecule has 0 spiro atoms. The lowest BCUT2D eigenvalue weighted by Gasteiger charge is -2.38. The van der Waals surface area contributed by atoms with Crippen molar-refractivity contribution in [3.05, 3.63) is 34.9 Å². The molecule has 166 valence electrons. The third kappa shape index (κ3) is 5.53. The van der Waals surface area contributed by atoms with Crippen LogP contribution < -0.4 is 0 Å². The first-order chi connectivity index (χ1) is 14.3. The Kier molecular flexibility index (Phi) is 7.76. The standard InChI is InChI=1S/C21H30ClN3O4S/c1-2-3-15-30(28,29)25-9-7-17(8-10-25)20(26)23-11-13-24(14-12-23)21(27)18-5-4-6-19(22)16-18/h4-6,16-17H,2-3,7-15H2,1H3. The Labute approximate surface area is 184 Å². The first kappa shape index (κ1) is 23.0. The molecular weight excluding hydrogens is 426 g/mol. The van der Waals surface area contributed by atoms with E-state index in [-0.39, 0.29) is 23.5 Å². The van der Waals surface area contributed by atoms with Crippen molar-refractivity contribution in [2.24, 2.45) is 5.92 Å². The highest BCUT2D eigenvalue weighted by Crippen LogP contribution is 2.23. The minimum atomic E-state index is -3.21. The topological polar surface area (TPSA) is 78.0 Å². The summed E-state index contributed by atoms with van der Waals surface area (Å²) in [6.45, 7) is 4.77. The van der Waals surface area contributed by atoms with E-state index >= 15 is 0 Å². The molecule has 30 heavy (non-hydrogen) atoms. The Morgan fingerprint density at radius 2 is 1.67 bits per heavy atom. The van der Waals surface area contributed by atoms with E-state index in [1.54, 1.807) is 29.2 Å². The largest absolute Gasteiger partial charge is 0.339 e. The van der Waals surface area contributed by atoms with E-state index in [9.17, 15) is 18.0 Å². The molecule has 9 heteroatoms. The molecule has 1 aromatic rings. The van der Waals surface area contributed by atoms with Crippen LogP contribution in [0.1, 0.15) is 43.0 Å². The van der Waals surface area contributed by atoms with E-state index in [2.05, 4.69) is 0 Å². The normalized spacial score (nSPS) is 19.1. The summed E-state index contributed by atoms with van der Waals surface area (Å²) in [7, 11) is -3.21. The number of benzene rings is 1. The maximum Gasteiger partial charge on any atom is 0.254 e. The van der Waals surface area contributed by atoms with Gasteiger partial charge >= 0.3 is 0 Å². The van der Waals surface area contributed by atoms with Crippen molar-refractivity contribution in [2.75, 3.05) is 45.0 Å². The van der Waals surface area contributed by atoms with Gasteiger partial charge in [-0.2, -0.15) is 0 Å². The van der Waals surface area contributed by atoms with E-state index in [1.807, 2.05) is 11.8 Å². The van der Waals surface area contributed by atoms with Gasteiger partial charge in [-0.25, -0.2) is 12.7 Å². The van der Waals surface area contributed by atoms with Crippen LogP contribution in [0.5, 0.6) is 0 Å². The highest BCUT2D eigenvalue weighted by Gasteiger charge is 2.34. The van der Waals surface area contributed by atoms with E-state index in [0.29, 0.717) is 69.1 Å². The monoisotopic (exact) mass is 455 g/mol. The molecular formula is C21H30ClN3O4S. The summed E-state index contributed by atoms with van der Waals surface area (Å²) in [4.78, 5) is 29.1. The molecule has 2 aliphatic heterocycles. The van der Waals surface area contributed by atoms with Crippen LogP contribution in [0, 0.1) is 5.92 Å². The van der Waals surface area contributed by atoms with Crippen LogP contribution in [-0.4, -0.2) is 79.4 Å². The first-order valence-electron chi connectivity index (χ1n) is 10.6. The molecule has 2 heterocycles. The maximum absolute atomic E-state index is 12.9. The van der Waals surface area contributed by atoms with Crippen LogP contribution in [0.4, 0.5) is 0 Å². The predicted molar refractivity (Wildman–Crippen MR) is 117 cm³/mol. The number of carbonyl (C=O) groups is 2. The second kappa shape index (κ2) is 10.1. The van der Waals surface area contributed by atoms with Gasteiger partial charge in [-0.1, -0.05) is 31.0 Å². The number of hydrogen-bond donors (Lipinski definition) is 0. The molecule has 0 N–H and O–H groups in total. The molecule has 1 aromatic carbocycles. The summed E-state index contributed by atoms with van der Waals surface area (Å²) in [5, 5.41) is 0.526. The number of halogens is 1. The van der Waals surface area contributed by atoms with Crippen LogP contribution in [0.2, 0.25) is 5.02 Å². The van der Waals surface area contributed by atoms with Crippen molar-refractivity contribution in [1.29, 1.82) is 0 Å². The van der Waals surface area contributed by atoms with Crippen molar-refractivity contribution in [3.63, 3.8) is 0 Å². The fraction of sp³-hybridized carbons (Fsp3) is 0.619. The van der Waals surface area contributed by atoms with E-state index in [0.717, 1.165) is 6.42 Å². The first-order valence-corrected chi connectivity index (χ1v) is 12.6. The Morgan fingerprint density at radius 1 is 1.03 bits per heavy atom. The molecule has 0 aromatic heterocycles. The summed E-state index contributed by atoms with van der Waals surface area (Å²) in [5.74, 6) is 0.0496. The second-order valence-electron chi connectivity index (χ2n) is 7.97. The van der Waals surface area contributed by atoms with Crippen molar-refractivity contribution in [2.45, 2.75) is 32.6 Å².